The molecule has 2 saturated heterocycles. The zero-order valence-electron chi connectivity index (χ0n) is 14.0. The molecule has 21 heavy (non-hydrogen) atoms. The van der Waals surface area contributed by atoms with E-state index in [0.717, 1.165) is 31.0 Å². The van der Waals surface area contributed by atoms with Gasteiger partial charge in [-0.05, 0) is 63.5 Å². The van der Waals surface area contributed by atoms with Crippen molar-refractivity contribution >= 4 is 0 Å². The fraction of sp³-hybridized carbons (Fsp3) is 1.00. The number of piperidine rings is 1. The van der Waals surface area contributed by atoms with E-state index in [4.69, 9.17) is 4.74 Å². The minimum absolute atomic E-state index is 0.456. The lowest BCUT2D eigenvalue weighted by Gasteiger charge is -2.39. The number of hydrogen-bond donors (Lipinski definition) is 1. The summed E-state index contributed by atoms with van der Waals surface area (Å²) in [5.41, 5.74) is 0. The third kappa shape index (κ3) is 4.20. The molecule has 1 saturated carbocycles. The standard InChI is InChI=1S/C18H34N2O/c1-14(2)11-19-12-16-8-9-17(21-16)13-20-10-4-6-15-5-3-7-18(15)20/h14-19H,3-13H2,1-2H3. The van der Waals surface area contributed by atoms with E-state index in [1.54, 1.807) is 0 Å². The molecule has 1 aliphatic carbocycles. The molecule has 2 heterocycles. The van der Waals surface area contributed by atoms with Gasteiger partial charge < -0.3 is 10.1 Å². The number of rotatable bonds is 6. The fourth-order valence-corrected chi connectivity index (χ4v) is 4.64. The normalized spacial score (nSPS) is 37.3. The molecule has 0 spiro atoms. The molecule has 0 aromatic heterocycles. The van der Waals surface area contributed by atoms with Gasteiger partial charge in [0.2, 0.25) is 0 Å². The zero-order valence-corrected chi connectivity index (χ0v) is 14.0. The first-order valence-electron chi connectivity index (χ1n) is 9.32. The van der Waals surface area contributed by atoms with Gasteiger partial charge in [-0.2, -0.15) is 0 Å². The van der Waals surface area contributed by atoms with Gasteiger partial charge in [-0.15, -0.1) is 0 Å². The lowest BCUT2D eigenvalue weighted by Crippen LogP contribution is -2.46. The third-order valence-corrected chi connectivity index (χ3v) is 5.67. The van der Waals surface area contributed by atoms with Crippen molar-refractivity contribution in [1.29, 1.82) is 0 Å². The predicted octanol–water partition coefficient (Wildman–Crippen LogP) is 3.04. The molecule has 3 heteroatoms. The number of likely N-dealkylation sites (tertiary alicyclic amines) is 1. The average molecular weight is 294 g/mol. The average Bonchev–Trinajstić information content (AvgIpc) is 3.08. The number of ether oxygens (including phenoxy) is 1. The Morgan fingerprint density at radius 2 is 1.86 bits per heavy atom. The summed E-state index contributed by atoms with van der Waals surface area (Å²) in [6, 6.07) is 0.889. The molecule has 0 radical (unpaired) electrons. The first-order valence-corrected chi connectivity index (χ1v) is 9.32. The molecule has 3 rings (SSSR count). The number of fused-ring (bicyclic) bond motifs is 1. The SMILES string of the molecule is CC(C)CNCC1CCC(CN2CCCC3CCCC32)O1. The van der Waals surface area contributed by atoms with Crippen LogP contribution in [0.2, 0.25) is 0 Å². The molecule has 0 aromatic rings. The Morgan fingerprint density at radius 3 is 2.71 bits per heavy atom. The summed E-state index contributed by atoms with van der Waals surface area (Å²) in [7, 11) is 0. The van der Waals surface area contributed by atoms with Crippen molar-refractivity contribution in [2.24, 2.45) is 11.8 Å². The van der Waals surface area contributed by atoms with Crippen LogP contribution < -0.4 is 5.32 Å². The third-order valence-electron chi connectivity index (χ3n) is 5.67. The smallest absolute Gasteiger partial charge is 0.0707 e. The van der Waals surface area contributed by atoms with Crippen LogP contribution >= 0.6 is 0 Å². The van der Waals surface area contributed by atoms with Crippen LogP contribution in [-0.2, 0) is 4.74 Å². The maximum atomic E-state index is 6.29. The Bertz CT molecular complexity index is 320. The minimum atomic E-state index is 0.456. The van der Waals surface area contributed by atoms with Gasteiger partial charge in [-0.1, -0.05) is 20.3 Å². The van der Waals surface area contributed by atoms with Crippen LogP contribution in [0.15, 0.2) is 0 Å². The highest BCUT2D eigenvalue weighted by atomic mass is 16.5. The number of hydrogen-bond acceptors (Lipinski definition) is 3. The summed E-state index contributed by atoms with van der Waals surface area (Å²) < 4.78 is 6.29. The van der Waals surface area contributed by atoms with E-state index in [-0.39, 0.29) is 0 Å². The Hall–Kier alpha value is -0.120. The fourth-order valence-electron chi connectivity index (χ4n) is 4.64. The quantitative estimate of drug-likeness (QED) is 0.815. The van der Waals surface area contributed by atoms with Crippen molar-refractivity contribution < 1.29 is 4.74 Å². The molecule has 4 atom stereocenters. The first-order chi connectivity index (χ1) is 10.2. The summed E-state index contributed by atoms with van der Waals surface area (Å²) in [4.78, 5) is 2.77. The molecule has 3 fully saturated rings. The molecular formula is C18H34N2O. The first kappa shape index (κ1) is 15.8. The topological polar surface area (TPSA) is 24.5 Å². The molecule has 3 aliphatic rings. The van der Waals surface area contributed by atoms with Crippen molar-refractivity contribution in [2.75, 3.05) is 26.2 Å². The molecular weight excluding hydrogens is 260 g/mol. The van der Waals surface area contributed by atoms with E-state index >= 15 is 0 Å². The zero-order chi connectivity index (χ0) is 14.7. The Kier molecular flexibility index (Phi) is 5.58. The summed E-state index contributed by atoms with van der Waals surface area (Å²) in [6.45, 7) is 9.19. The van der Waals surface area contributed by atoms with Crippen molar-refractivity contribution in [3.8, 4) is 0 Å². The van der Waals surface area contributed by atoms with E-state index in [2.05, 4.69) is 24.1 Å². The van der Waals surface area contributed by atoms with Gasteiger partial charge in [-0.3, -0.25) is 4.90 Å². The maximum absolute atomic E-state index is 6.29. The highest BCUT2D eigenvalue weighted by molar-refractivity contribution is 4.91. The van der Waals surface area contributed by atoms with E-state index in [1.165, 1.54) is 58.0 Å². The van der Waals surface area contributed by atoms with E-state index in [1.807, 2.05) is 0 Å². The molecule has 0 bridgehead atoms. The second kappa shape index (κ2) is 7.43. The van der Waals surface area contributed by atoms with Gasteiger partial charge in [0, 0.05) is 19.1 Å². The maximum Gasteiger partial charge on any atom is 0.0707 e. The number of nitrogens with one attached hydrogen (secondary N) is 1. The molecule has 0 amide bonds. The lowest BCUT2D eigenvalue weighted by atomic mass is 9.91. The molecule has 122 valence electrons. The Balaban J connectivity index is 1.40. The summed E-state index contributed by atoms with van der Waals surface area (Å²) >= 11 is 0. The Morgan fingerprint density at radius 1 is 1.05 bits per heavy atom. The van der Waals surface area contributed by atoms with E-state index in [0.29, 0.717) is 12.2 Å². The second-order valence-electron chi connectivity index (χ2n) is 7.91. The van der Waals surface area contributed by atoms with E-state index in [9.17, 15) is 0 Å². The molecule has 3 nitrogen and oxygen atoms in total. The number of nitrogens with zero attached hydrogens (tertiary/aromatic N) is 1. The van der Waals surface area contributed by atoms with Crippen molar-refractivity contribution in [3.05, 3.63) is 0 Å². The van der Waals surface area contributed by atoms with Crippen LogP contribution in [-0.4, -0.2) is 49.3 Å². The Labute approximate surface area is 130 Å². The predicted molar refractivity (Wildman–Crippen MR) is 87.5 cm³/mol. The van der Waals surface area contributed by atoms with Crippen molar-refractivity contribution in [2.45, 2.75) is 77.0 Å². The summed E-state index contributed by atoms with van der Waals surface area (Å²) in [5.74, 6) is 1.73. The largest absolute Gasteiger partial charge is 0.372 e. The second-order valence-corrected chi connectivity index (χ2v) is 7.91. The van der Waals surface area contributed by atoms with Gasteiger partial charge in [0.05, 0.1) is 12.2 Å². The summed E-state index contributed by atoms with van der Waals surface area (Å²) in [5, 5.41) is 3.55. The van der Waals surface area contributed by atoms with Gasteiger partial charge in [0.15, 0.2) is 0 Å². The monoisotopic (exact) mass is 294 g/mol. The van der Waals surface area contributed by atoms with E-state index < -0.39 is 0 Å². The molecule has 0 aromatic carbocycles. The molecule has 1 N–H and O–H groups in total. The van der Waals surface area contributed by atoms with Crippen LogP contribution in [0.3, 0.4) is 0 Å². The highest BCUT2D eigenvalue weighted by Gasteiger charge is 2.37. The minimum Gasteiger partial charge on any atom is -0.372 e. The van der Waals surface area contributed by atoms with Gasteiger partial charge >= 0.3 is 0 Å². The van der Waals surface area contributed by atoms with Crippen LogP contribution in [0.1, 0.15) is 58.8 Å². The van der Waals surface area contributed by atoms with Crippen molar-refractivity contribution in [3.63, 3.8) is 0 Å². The lowest BCUT2D eigenvalue weighted by molar-refractivity contribution is 0.00104. The van der Waals surface area contributed by atoms with Crippen LogP contribution in [0.4, 0.5) is 0 Å². The van der Waals surface area contributed by atoms with Crippen LogP contribution in [0.5, 0.6) is 0 Å². The van der Waals surface area contributed by atoms with Gasteiger partial charge in [-0.25, -0.2) is 0 Å². The molecule has 4 unspecified atom stereocenters. The summed E-state index contributed by atoms with van der Waals surface area (Å²) in [6.07, 6.45) is 10.7. The van der Waals surface area contributed by atoms with Gasteiger partial charge in [0.1, 0.15) is 0 Å². The van der Waals surface area contributed by atoms with Gasteiger partial charge in [0.25, 0.3) is 0 Å². The van der Waals surface area contributed by atoms with Crippen LogP contribution in [0.25, 0.3) is 0 Å². The van der Waals surface area contributed by atoms with Crippen molar-refractivity contribution in [1.82, 2.24) is 10.2 Å². The highest BCUT2D eigenvalue weighted by Crippen LogP contribution is 2.37. The molecule has 2 aliphatic heterocycles. The van der Waals surface area contributed by atoms with Crippen LogP contribution in [0, 0.1) is 11.8 Å².